The molecule has 1 amide bonds. The van der Waals surface area contributed by atoms with Crippen molar-refractivity contribution in [1.29, 1.82) is 0 Å². The fraction of sp³-hybridized carbons (Fsp3) is 0.222. The molecule has 1 N–H and O–H groups in total. The Balaban J connectivity index is 1.92. The highest BCUT2D eigenvalue weighted by Crippen LogP contribution is 2.27. The summed E-state index contributed by atoms with van der Waals surface area (Å²) >= 11 is 5.72. The van der Waals surface area contributed by atoms with Gasteiger partial charge in [0.05, 0.1) is 4.92 Å². The van der Waals surface area contributed by atoms with E-state index in [2.05, 4.69) is 5.32 Å². The molecule has 2 rings (SSSR count). The smallest absolute Gasteiger partial charge is 0.347 e. The number of carbonyl (C=O) groups excluding carboxylic acids is 2. The molecule has 0 bridgehead atoms. The third-order valence-electron chi connectivity index (χ3n) is 3.43. The summed E-state index contributed by atoms with van der Waals surface area (Å²) in [6, 6.07) is 12.5. The number of hydrogen-bond donors (Lipinski definition) is 1. The van der Waals surface area contributed by atoms with Gasteiger partial charge in [0.15, 0.2) is 12.7 Å². The number of halogens is 1. The molecule has 27 heavy (non-hydrogen) atoms. The molecule has 0 spiro atoms. The second-order valence-corrected chi connectivity index (χ2v) is 5.84. The number of benzene rings is 2. The van der Waals surface area contributed by atoms with Gasteiger partial charge in [0.2, 0.25) is 0 Å². The molecule has 0 aliphatic rings. The number of nitrogens with one attached hydrogen (secondary N) is 1. The lowest BCUT2D eigenvalue weighted by Gasteiger charge is -2.16. The minimum atomic E-state index is -0.870. The van der Waals surface area contributed by atoms with E-state index in [1.165, 1.54) is 12.1 Å². The lowest BCUT2D eigenvalue weighted by molar-refractivity contribution is -0.383. The van der Waals surface area contributed by atoms with E-state index in [-0.39, 0.29) is 16.4 Å². The van der Waals surface area contributed by atoms with Crippen molar-refractivity contribution in [2.75, 3.05) is 11.9 Å². The molecule has 0 radical (unpaired) electrons. The van der Waals surface area contributed by atoms with Crippen molar-refractivity contribution in [3.8, 4) is 5.75 Å². The Morgan fingerprint density at radius 2 is 1.93 bits per heavy atom. The fourth-order valence-corrected chi connectivity index (χ4v) is 2.31. The second kappa shape index (κ2) is 9.54. The van der Waals surface area contributed by atoms with Crippen molar-refractivity contribution in [2.45, 2.75) is 19.4 Å². The Morgan fingerprint density at radius 1 is 1.22 bits per heavy atom. The molecule has 0 aliphatic carbocycles. The van der Waals surface area contributed by atoms with Crippen molar-refractivity contribution in [3.63, 3.8) is 0 Å². The van der Waals surface area contributed by atoms with Crippen LogP contribution in [-0.4, -0.2) is 29.5 Å². The number of hydrogen-bond acceptors (Lipinski definition) is 6. The van der Waals surface area contributed by atoms with Crippen LogP contribution in [0.3, 0.4) is 0 Å². The number of anilines is 1. The fourth-order valence-electron chi connectivity index (χ4n) is 2.14. The topological polar surface area (TPSA) is 108 Å². The summed E-state index contributed by atoms with van der Waals surface area (Å²) in [6.45, 7) is 1.14. The van der Waals surface area contributed by atoms with Gasteiger partial charge in [0.25, 0.3) is 11.6 Å². The number of nitro groups is 1. The Bertz CT molecular complexity index is 828. The molecule has 1 atom stereocenters. The van der Waals surface area contributed by atoms with E-state index in [9.17, 15) is 19.7 Å². The number of carbonyl (C=O) groups is 2. The van der Waals surface area contributed by atoms with Gasteiger partial charge in [-0.1, -0.05) is 36.7 Å². The second-order valence-electron chi connectivity index (χ2n) is 5.40. The average molecular weight is 393 g/mol. The molecule has 9 heteroatoms. The minimum absolute atomic E-state index is 0.0435. The summed E-state index contributed by atoms with van der Waals surface area (Å²) in [4.78, 5) is 34.4. The van der Waals surface area contributed by atoms with Crippen LogP contribution in [0.4, 0.5) is 11.4 Å². The Kier molecular flexibility index (Phi) is 7.13. The molecule has 2 aromatic carbocycles. The van der Waals surface area contributed by atoms with Crippen LogP contribution in [0.25, 0.3) is 0 Å². The zero-order valence-corrected chi connectivity index (χ0v) is 15.1. The molecule has 0 fully saturated rings. The summed E-state index contributed by atoms with van der Waals surface area (Å²) in [5.74, 6) is -0.923. The van der Waals surface area contributed by atoms with Crippen molar-refractivity contribution in [3.05, 3.63) is 63.7 Å². The summed E-state index contributed by atoms with van der Waals surface area (Å²) in [5, 5.41) is 13.5. The molecule has 8 nitrogen and oxygen atoms in total. The van der Waals surface area contributed by atoms with Crippen molar-refractivity contribution < 1.29 is 24.0 Å². The van der Waals surface area contributed by atoms with E-state index >= 15 is 0 Å². The van der Waals surface area contributed by atoms with Crippen LogP contribution >= 0.6 is 11.6 Å². The van der Waals surface area contributed by atoms with Crippen molar-refractivity contribution in [2.24, 2.45) is 0 Å². The van der Waals surface area contributed by atoms with Gasteiger partial charge < -0.3 is 14.8 Å². The number of nitrogens with zero attached hydrogens (tertiary/aromatic N) is 1. The van der Waals surface area contributed by atoms with Crippen LogP contribution in [0.1, 0.15) is 13.3 Å². The van der Waals surface area contributed by atoms with Gasteiger partial charge in [-0.2, -0.15) is 0 Å². The average Bonchev–Trinajstić information content (AvgIpc) is 2.66. The maximum absolute atomic E-state index is 12.1. The van der Waals surface area contributed by atoms with Crippen LogP contribution < -0.4 is 10.1 Å². The van der Waals surface area contributed by atoms with Gasteiger partial charge in [0.1, 0.15) is 11.4 Å². The first-order valence-electron chi connectivity index (χ1n) is 8.02. The SMILES string of the molecule is CC[C@H](Oc1ccccc1)C(=O)OCC(=O)Nc1ccc(Cl)cc1[N+](=O)[O-]. The Labute approximate surface area is 160 Å². The molecular formula is C18H17ClN2O6. The van der Waals surface area contributed by atoms with Gasteiger partial charge in [-0.25, -0.2) is 4.79 Å². The summed E-state index contributed by atoms with van der Waals surface area (Å²) in [7, 11) is 0. The van der Waals surface area contributed by atoms with E-state index in [1.54, 1.807) is 31.2 Å². The third kappa shape index (κ3) is 5.96. The van der Waals surface area contributed by atoms with Gasteiger partial charge in [0, 0.05) is 11.1 Å². The number of rotatable bonds is 8. The summed E-state index contributed by atoms with van der Waals surface area (Å²) in [6.07, 6.45) is -0.525. The molecular weight excluding hydrogens is 376 g/mol. The number of nitro benzene ring substituents is 1. The first-order chi connectivity index (χ1) is 12.9. The van der Waals surface area contributed by atoms with Gasteiger partial charge in [-0.05, 0) is 30.7 Å². The van der Waals surface area contributed by atoms with E-state index in [0.29, 0.717) is 12.2 Å². The molecule has 0 saturated carbocycles. The number of ether oxygens (including phenoxy) is 2. The van der Waals surface area contributed by atoms with Crippen molar-refractivity contribution in [1.82, 2.24) is 0 Å². The Hall–Kier alpha value is -3.13. The van der Waals surface area contributed by atoms with Gasteiger partial charge >= 0.3 is 5.97 Å². The minimum Gasteiger partial charge on any atom is -0.479 e. The highest BCUT2D eigenvalue weighted by atomic mass is 35.5. The van der Waals surface area contributed by atoms with Crippen LogP contribution in [0.5, 0.6) is 5.75 Å². The largest absolute Gasteiger partial charge is 0.479 e. The molecule has 0 heterocycles. The van der Waals surface area contributed by atoms with E-state index < -0.39 is 29.5 Å². The summed E-state index contributed by atoms with van der Waals surface area (Å²) in [5.41, 5.74) is -0.404. The lowest BCUT2D eigenvalue weighted by Crippen LogP contribution is -2.31. The number of para-hydroxylation sites is 1. The van der Waals surface area contributed by atoms with E-state index in [0.717, 1.165) is 6.07 Å². The molecule has 0 unspecified atom stereocenters. The van der Waals surface area contributed by atoms with Crippen LogP contribution in [0.2, 0.25) is 5.02 Å². The molecule has 0 saturated heterocycles. The molecule has 0 aliphatic heterocycles. The molecule has 142 valence electrons. The predicted octanol–water partition coefficient (Wildman–Crippen LogP) is 3.59. The van der Waals surface area contributed by atoms with Crippen LogP contribution in [0, 0.1) is 10.1 Å². The lowest BCUT2D eigenvalue weighted by atomic mass is 10.2. The quantitative estimate of drug-likeness (QED) is 0.418. The van der Waals surface area contributed by atoms with E-state index in [1.807, 2.05) is 6.07 Å². The zero-order chi connectivity index (χ0) is 19.8. The van der Waals surface area contributed by atoms with E-state index in [4.69, 9.17) is 21.1 Å². The standard InChI is InChI=1S/C18H17ClN2O6/c1-2-16(27-13-6-4-3-5-7-13)18(23)26-11-17(22)20-14-9-8-12(19)10-15(14)21(24)25/h3-10,16H,2,11H2,1H3,(H,20,22)/t16-/m0/s1. The van der Waals surface area contributed by atoms with Gasteiger partial charge in [-0.3, -0.25) is 14.9 Å². The van der Waals surface area contributed by atoms with Crippen LogP contribution in [0.15, 0.2) is 48.5 Å². The number of esters is 1. The zero-order valence-electron chi connectivity index (χ0n) is 14.4. The molecule has 0 aromatic heterocycles. The maximum Gasteiger partial charge on any atom is 0.347 e. The monoisotopic (exact) mass is 392 g/mol. The normalized spacial score (nSPS) is 11.3. The Morgan fingerprint density at radius 3 is 2.56 bits per heavy atom. The predicted molar refractivity (Wildman–Crippen MR) is 98.8 cm³/mol. The highest BCUT2D eigenvalue weighted by molar-refractivity contribution is 6.31. The van der Waals surface area contributed by atoms with Gasteiger partial charge in [-0.15, -0.1) is 0 Å². The van der Waals surface area contributed by atoms with Crippen LogP contribution in [-0.2, 0) is 14.3 Å². The first kappa shape index (κ1) is 20.2. The molecule has 2 aromatic rings. The summed E-state index contributed by atoms with van der Waals surface area (Å²) < 4.78 is 10.5. The maximum atomic E-state index is 12.1. The highest BCUT2D eigenvalue weighted by Gasteiger charge is 2.22. The van der Waals surface area contributed by atoms with Crippen molar-refractivity contribution >= 4 is 34.9 Å². The number of amides is 1. The first-order valence-corrected chi connectivity index (χ1v) is 8.40. The third-order valence-corrected chi connectivity index (χ3v) is 3.67.